The molecule has 7 N–H and O–H groups in total. The molecule has 2 atom stereocenters. The van der Waals surface area contributed by atoms with Gasteiger partial charge in [0.25, 0.3) is 5.91 Å². The fraction of sp³-hybridized carbons (Fsp3) is 0.318. The normalized spacial score (nSPS) is 12.9. The number of nitrogen functional groups attached to an aromatic ring is 2. The van der Waals surface area contributed by atoms with Crippen LogP contribution in [0.25, 0.3) is 11.0 Å². The lowest BCUT2D eigenvalue weighted by Gasteiger charge is -2.15. The van der Waals surface area contributed by atoms with Gasteiger partial charge >= 0.3 is 11.9 Å². The second kappa shape index (κ2) is 9.98. The second-order valence-corrected chi connectivity index (χ2v) is 7.82. The summed E-state index contributed by atoms with van der Waals surface area (Å²) in [5.74, 6) is -2.35. The van der Waals surface area contributed by atoms with E-state index in [4.69, 9.17) is 16.6 Å². The third-order valence-corrected chi connectivity index (χ3v) is 5.45. The van der Waals surface area contributed by atoms with Crippen molar-refractivity contribution in [2.75, 3.05) is 11.5 Å². The number of anilines is 2. The van der Waals surface area contributed by atoms with E-state index in [-0.39, 0.29) is 24.7 Å². The van der Waals surface area contributed by atoms with Crippen molar-refractivity contribution in [1.29, 1.82) is 0 Å². The van der Waals surface area contributed by atoms with Crippen LogP contribution in [-0.4, -0.2) is 48.6 Å². The molecule has 0 aliphatic rings. The predicted octanol–water partition coefficient (Wildman–Crippen LogP) is 1.84. The Morgan fingerprint density at radius 3 is 2.39 bits per heavy atom. The van der Waals surface area contributed by atoms with E-state index in [2.05, 4.69) is 22.2 Å². The van der Waals surface area contributed by atoms with Crippen LogP contribution >= 0.6 is 0 Å². The minimum atomic E-state index is -1.28. The number of carbonyl (C=O) groups is 3. The number of hydrogen-bond acceptors (Lipinski definition) is 7. The van der Waals surface area contributed by atoms with Gasteiger partial charge in [0.2, 0.25) is 5.95 Å². The topological polar surface area (TPSA) is 186 Å². The summed E-state index contributed by atoms with van der Waals surface area (Å²) in [4.78, 5) is 42.5. The van der Waals surface area contributed by atoms with Crippen molar-refractivity contribution < 1.29 is 24.6 Å². The lowest BCUT2D eigenvalue weighted by atomic mass is 9.96. The Bertz CT molecular complexity index is 1170. The molecule has 174 valence electrons. The number of hydrogen-bond donors (Lipinski definition) is 5. The molecular weight excluding hydrogens is 428 g/mol. The molecule has 2 heterocycles. The fourth-order valence-corrected chi connectivity index (χ4v) is 3.57. The largest absolute Gasteiger partial charge is 0.481 e. The summed E-state index contributed by atoms with van der Waals surface area (Å²) in [6, 6.07) is 7.45. The Balaban J connectivity index is 1.62. The van der Waals surface area contributed by atoms with Gasteiger partial charge in [-0.3, -0.25) is 9.59 Å². The number of aryl methyl sites for hydroxylation is 1. The summed E-state index contributed by atoms with van der Waals surface area (Å²) in [5.41, 5.74) is 14.4. The maximum absolute atomic E-state index is 12.4. The van der Waals surface area contributed by atoms with Crippen LogP contribution in [0.3, 0.4) is 0 Å². The average Bonchev–Trinajstić information content (AvgIpc) is 3.17. The Hall–Kier alpha value is -4.15. The molecule has 2 aromatic heterocycles. The molecule has 3 aromatic rings. The molecule has 11 nitrogen and oxygen atoms in total. The summed E-state index contributed by atoms with van der Waals surface area (Å²) >= 11 is 0. The third-order valence-electron chi connectivity index (χ3n) is 5.45. The number of benzene rings is 1. The molecule has 1 unspecified atom stereocenters. The molecule has 0 radical (unpaired) electrons. The first-order valence-electron chi connectivity index (χ1n) is 10.4. The number of nitrogens with one attached hydrogen (secondary N) is 1. The van der Waals surface area contributed by atoms with Crippen LogP contribution in [0, 0.1) is 0 Å². The van der Waals surface area contributed by atoms with Gasteiger partial charge in [-0.1, -0.05) is 19.1 Å². The second-order valence-electron chi connectivity index (χ2n) is 7.82. The highest BCUT2D eigenvalue weighted by atomic mass is 16.4. The summed E-state index contributed by atoms with van der Waals surface area (Å²) in [6.45, 7) is 2.74. The van der Waals surface area contributed by atoms with Crippen LogP contribution in [0.5, 0.6) is 0 Å². The average molecular weight is 454 g/mol. The number of carboxylic acid groups (broad SMARTS) is 2. The van der Waals surface area contributed by atoms with Crippen molar-refractivity contribution in [3.05, 3.63) is 47.7 Å². The van der Waals surface area contributed by atoms with Gasteiger partial charge in [0.1, 0.15) is 11.6 Å². The molecule has 0 saturated carbocycles. The lowest BCUT2D eigenvalue weighted by Crippen LogP contribution is -2.41. The molecular formula is C22H26N6O5. The Morgan fingerprint density at radius 1 is 1.06 bits per heavy atom. The summed E-state index contributed by atoms with van der Waals surface area (Å²) in [5, 5.41) is 20.3. The van der Waals surface area contributed by atoms with Crippen LogP contribution in [0.4, 0.5) is 11.8 Å². The Labute approximate surface area is 189 Å². The number of fused-ring (bicyclic) bond motifs is 1. The highest BCUT2D eigenvalue weighted by molar-refractivity contribution is 5.96. The highest BCUT2D eigenvalue weighted by Gasteiger charge is 2.21. The van der Waals surface area contributed by atoms with Crippen molar-refractivity contribution in [1.82, 2.24) is 19.9 Å². The highest BCUT2D eigenvalue weighted by Crippen LogP contribution is 2.24. The number of nitrogens with two attached hydrogens (primary N) is 2. The van der Waals surface area contributed by atoms with Gasteiger partial charge < -0.3 is 31.6 Å². The van der Waals surface area contributed by atoms with Gasteiger partial charge in [-0.15, -0.1) is 0 Å². The standard InChI is InChI=1S/C22H26N6O5/c1-12(8-10-28-11-9-15-18(28)19(23)27-22(24)26-15)13-2-4-14(5-3-13)20(31)25-16(21(32)33)6-7-17(29)30/h2-5,9,11-12,16H,6-8,10H2,1H3,(H,25,31)(H,29,30)(H,32,33)(H4,23,24,26,27)/t12?,16-/m0/s1. The number of aliphatic carboxylic acids is 2. The molecule has 3 rings (SSSR count). The van der Waals surface area contributed by atoms with Crippen molar-refractivity contribution in [3.8, 4) is 0 Å². The van der Waals surface area contributed by atoms with Crippen molar-refractivity contribution in [2.45, 2.75) is 44.7 Å². The molecule has 0 aliphatic heterocycles. The molecule has 1 aromatic carbocycles. The number of amides is 1. The van der Waals surface area contributed by atoms with Crippen molar-refractivity contribution in [2.24, 2.45) is 0 Å². The number of rotatable bonds is 10. The van der Waals surface area contributed by atoms with Gasteiger partial charge in [-0.2, -0.15) is 4.98 Å². The molecule has 1 amide bonds. The lowest BCUT2D eigenvalue weighted by molar-refractivity contribution is -0.140. The molecule has 33 heavy (non-hydrogen) atoms. The summed E-state index contributed by atoms with van der Waals surface area (Å²) < 4.78 is 1.98. The minimum absolute atomic E-state index is 0.131. The van der Waals surface area contributed by atoms with Crippen LogP contribution in [0.2, 0.25) is 0 Å². The maximum atomic E-state index is 12.4. The van der Waals surface area contributed by atoms with Crippen LogP contribution in [-0.2, 0) is 16.1 Å². The van der Waals surface area contributed by atoms with Crippen LogP contribution < -0.4 is 16.8 Å². The predicted molar refractivity (Wildman–Crippen MR) is 122 cm³/mol. The molecule has 0 saturated heterocycles. The van der Waals surface area contributed by atoms with Gasteiger partial charge in [0.05, 0.1) is 5.52 Å². The van der Waals surface area contributed by atoms with Crippen molar-refractivity contribution >= 4 is 40.6 Å². The van der Waals surface area contributed by atoms with E-state index < -0.39 is 23.9 Å². The zero-order valence-electron chi connectivity index (χ0n) is 18.1. The van der Waals surface area contributed by atoms with Gasteiger partial charge in [0, 0.05) is 24.7 Å². The van der Waals surface area contributed by atoms with Gasteiger partial charge in [-0.05, 0) is 42.5 Å². The van der Waals surface area contributed by atoms with Gasteiger partial charge in [0.15, 0.2) is 5.82 Å². The van der Waals surface area contributed by atoms with E-state index in [9.17, 15) is 19.5 Å². The number of carboxylic acids is 2. The van der Waals surface area contributed by atoms with Crippen molar-refractivity contribution in [3.63, 3.8) is 0 Å². The first-order valence-corrected chi connectivity index (χ1v) is 10.4. The molecule has 0 spiro atoms. The van der Waals surface area contributed by atoms with E-state index in [0.717, 1.165) is 17.5 Å². The van der Waals surface area contributed by atoms with E-state index in [0.29, 0.717) is 23.4 Å². The Morgan fingerprint density at radius 2 is 1.76 bits per heavy atom. The molecule has 0 fully saturated rings. The zero-order chi connectivity index (χ0) is 24.1. The number of nitrogens with zero attached hydrogens (tertiary/aromatic N) is 3. The van der Waals surface area contributed by atoms with Gasteiger partial charge in [-0.25, -0.2) is 9.78 Å². The minimum Gasteiger partial charge on any atom is -0.481 e. The monoisotopic (exact) mass is 454 g/mol. The molecule has 0 bridgehead atoms. The first kappa shape index (κ1) is 23.5. The quantitative estimate of drug-likeness (QED) is 0.304. The van der Waals surface area contributed by atoms with Crippen LogP contribution in [0.1, 0.15) is 48.0 Å². The maximum Gasteiger partial charge on any atom is 0.326 e. The molecule has 11 heteroatoms. The smallest absolute Gasteiger partial charge is 0.326 e. The van der Waals surface area contributed by atoms with E-state index in [1.54, 1.807) is 12.1 Å². The van der Waals surface area contributed by atoms with Crippen LogP contribution in [0.15, 0.2) is 36.5 Å². The number of carbonyl (C=O) groups excluding carboxylic acids is 1. The molecule has 0 aliphatic carbocycles. The zero-order valence-corrected chi connectivity index (χ0v) is 18.1. The van der Waals surface area contributed by atoms with E-state index in [1.165, 1.54) is 0 Å². The third kappa shape index (κ3) is 5.76. The summed E-state index contributed by atoms with van der Waals surface area (Å²) in [6.07, 6.45) is 2.13. The Kier molecular flexibility index (Phi) is 7.11. The SMILES string of the molecule is CC(CCn1ccc2nc(N)nc(N)c21)c1ccc(C(=O)N[C@@H](CCC(=O)O)C(=O)O)cc1. The first-order chi connectivity index (χ1) is 15.7. The summed E-state index contributed by atoms with van der Waals surface area (Å²) in [7, 11) is 0. The van der Waals surface area contributed by atoms with E-state index in [1.807, 2.05) is 29.0 Å². The number of aromatic nitrogens is 3. The fourth-order valence-electron chi connectivity index (χ4n) is 3.57. The van der Waals surface area contributed by atoms with E-state index >= 15 is 0 Å².